The Morgan fingerprint density at radius 3 is 2.65 bits per heavy atom. The maximum atomic E-state index is 12.9. The van der Waals surface area contributed by atoms with E-state index in [0.717, 1.165) is 35.1 Å². The molecule has 0 amide bonds. The van der Waals surface area contributed by atoms with Gasteiger partial charge in [-0.2, -0.15) is 5.10 Å². The number of sulfonamides is 1. The molecule has 5 rings (SSSR count). The molecule has 0 radical (unpaired) electrons. The number of hydrogen-bond acceptors (Lipinski definition) is 9. The molecule has 0 spiro atoms. The van der Waals surface area contributed by atoms with Crippen LogP contribution in [0.2, 0.25) is 0 Å². The summed E-state index contributed by atoms with van der Waals surface area (Å²) in [6.45, 7) is 2.55. The number of fused-ring (bicyclic) bond motifs is 1. The van der Waals surface area contributed by atoms with Crippen LogP contribution in [-0.2, 0) is 10.0 Å². The Bertz CT molecular complexity index is 1500. The fourth-order valence-electron chi connectivity index (χ4n) is 4.17. The third-order valence-corrected chi connectivity index (χ3v) is 7.52. The fraction of sp³-hybridized carbons (Fsp3) is 0.240. The van der Waals surface area contributed by atoms with Crippen molar-refractivity contribution in [2.24, 2.45) is 0 Å². The van der Waals surface area contributed by atoms with Crippen molar-refractivity contribution in [2.75, 3.05) is 49.5 Å². The van der Waals surface area contributed by atoms with Gasteiger partial charge in [-0.15, -0.1) is 0 Å². The highest BCUT2D eigenvalue weighted by molar-refractivity contribution is 7.89. The van der Waals surface area contributed by atoms with Crippen LogP contribution in [0.5, 0.6) is 0 Å². The van der Waals surface area contributed by atoms with E-state index in [0.29, 0.717) is 30.4 Å². The average molecular weight is 521 g/mol. The van der Waals surface area contributed by atoms with E-state index in [-0.39, 0.29) is 18.0 Å². The van der Waals surface area contributed by atoms with E-state index < -0.39 is 10.0 Å². The van der Waals surface area contributed by atoms with Crippen LogP contribution in [0, 0.1) is 0 Å². The zero-order valence-electron chi connectivity index (χ0n) is 20.1. The van der Waals surface area contributed by atoms with Crippen LogP contribution >= 0.6 is 0 Å². The molecule has 1 fully saturated rings. The molecule has 37 heavy (non-hydrogen) atoms. The number of anilines is 3. The molecular weight excluding hydrogens is 492 g/mol. The van der Waals surface area contributed by atoms with E-state index in [1.807, 2.05) is 35.3 Å². The number of aliphatic hydroxyl groups is 1. The summed E-state index contributed by atoms with van der Waals surface area (Å²) < 4.78 is 28.2. The average Bonchev–Trinajstić information content (AvgIpc) is 3.42. The van der Waals surface area contributed by atoms with Gasteiger partial charge in [-0.3, -0.25) is 5.10 Å². The number of H-pyrrole nitrogens is 1. The van der Waals surface area contributed by atoms with Crippen LogP contribution in [0.1, 0.15) is 11.1 Å². The number of piperazine rings is 1. The Balaban J connectivity index is 1.35. The lowest BCUT2D eigenvalue weighted by Gasteiger charge is -2.31. The molecule has 1 saturated heterocycles. The molecule has 0 unspecified atom stereocenters. The minimum Gasteiger partial charge on any atom is -0.395 e. The van der Waals surface area contributed by atoms with Gasteiger partial charge in [-0.1, -0.05) is 24.3 Å². The second kappa shape index (κ2) is 11.0. The van der Waals surface area contributed by atoms with E-state index >= 15 is 0 Å². The van der Waals surface area contributed by atoms with E-state index in [1.165, 1.54) is 0 Å². The van der Waals surface area contributed by atoms with E-state index in [9.17, 15) is 8.42 Å². The summed E-state index contributed by atoms with van der Waals surface area (Å²) in [6.07, 6.45) is 9.17. The third-order valence-electron chi connectivity index (χ3n) is 6.01. The van der Waals surface area contributed by atoms with Crippen molar-refractivity contribution in [3.8, 4) is 0 Å². The molecule has 1 aliphatic rings. The predicted molar refractivity (Wildman–Crippen MR) is 144 cm³/mol. The fourth-order valence-corrected chi connectivity index (χ4v) is 5.40. The molecule has 5 N–H and O–H groups in total. The smallest absolute Gasteiger partial charge is 0.242 e. The van der Waals surface area contributed by atoms with Crippen molar-refractivity contribution < 1.29 is 13.5 Å². The quantitative estimate of drug-likeness (QED) is 0.223. The minimum absolute atomic E-state index is 0.0464. The van der Waals surface area contributed by atoms with Crippen LogP contribution in [-0.4, -0.2) is 73.0 Å². The monoisotopic (exact) mass is 520 g/mol. The summed E-state index contributed by atoms with van der Waals surface area (Å²) in [7, 11) is -3.78. The molecule has 1 aliphatic heterocycles. The number of aromatic nitrogens is 4. The first-order valence-electron chi connectivity index (χ1n) is 11.9. The highest BCUT2D eigenvalue weighted by atomic mass is 32.2. The Hall–Kier alpha value is -3.84. The van der Waals surface area contributed by atoms with Gasteiger partial charge in [-0.05, 0) is 29.8 Å². The Morgan fingerprint density at radius 2 is 1.86 bits per heavy atom. The number of hydrogen-bond donors (Lipinski definition) is 5. The summed E-state index contributed by atoms with van der Waals surface area (Å²) >= 11 is 0. The summed E-state index contributed by atoms with van der Waals surface area (Å²) in [6, 6.07) is 11.0. The molecule has 2 aromatic heterocycles. The maximum absolute atomic E-state index is 12.9. The SMILES string of the molecule is O=S(=O)(NCCO)c1ccc(Nc2ncc(C=Cc3cccc4[nH]ncc34)cn2)cc1N1CCNCC1. The lowest BCUT2D eigenvalue weighted by Crippen LogP contribution is -2.44. The van der Waals surface area contributed by atoms with Crippen molar-refractivity contribution in [2.45, 2.75) is 4.90 Å². The standard InChI is InChI=1S/C25H28N8O3S/c34-13-10-30-37(35,36)24-7-6-20(14-23(24)33-11-8-26-9-12-33)31-25-27-15-18(16-28-25)4-5-19-2-1-3-22-21(19)17-29-32-22/h1-7,14-17,26,30,34H,8-13H2,(H,29,32)(H,27,28,31). The zero-order chi connectivity index (χ0) is 25.7. The topological polar surface area (TPSA) is 148 Å². The second-order valence-electron chi connectivity index (χ2n) is 8.52. The van der Waals surface area contributed by atoms with Gasteiger partial charge < -0.3 is 20.6 Å². The number of nitrogens with zero attached hydrogens (tertiary/aromatic N) is 4. The van der Waals surface area contributed by atoms with E-state index in [4.69, 9.17) is 5.11 Å². The van der Waals surface area contributed by atoms with Crippen LogP contribution in [0.3, 0.4) is 0 Å². The first-order valence-corrected chi connectivity index (χ1v) is 13.4. The lowest BCUT2D eigenvalue weighted by molar-refractivity contribution is 0.301. The first-order chi connectivity index (χ1) is 18.0. The highest BCUT2D eigenvalue weighted by Crippen LogP contribution is 2.30. The first kappa shape index (κ1) is 24.8. The molecule has 11 nitrogen and oxygen atoms in total. The van der Waals surface area contributed by atoms with Crippen LogP contribution in [0.4, 0.5) is 17.3 Å². The Kier molecular flexibility index (Phi) is 7.42. The zero-order valence-corrected chi connectivity index (χ0v) is 20.9. The number of aromatic amines is 1. The van der Waals surface area contributed by atoms with Gasteiger partial charge in [0, 0.05) is 61.8 Å². The molecule has 4 aromatic rings. The molecule has 0 saturated carbocycles. The molecule has 192 valence electrons. The summed E-state index contributed by atoms with van der Waals surface area (Å²) in [4.78, 5) is 11.0. The van der Waals surface area contributed by atoms with Gasteiger partial charge in [0.25, 0.3) is 0 Å². The van der Waals surface area contributed by atoms with Gasteiger partial charge in [0.15, 0.2) is 0 Å². The van der Waals surface area contributed by atoms with E-state index in [2.05, 4.69) is 35.5 Å². The molecular formula is C25H28N8O3S. The number of rotatable bonds is 9. The van der Waals surface area contributed by atoms with Crippen molar-refractivity contribution in [1.29, 1.82) is 0 Å². The van der Waals surface area contributed by atoms with Crippen LogP contribution < -0.4 is 20.3 Å². The number of nitrogens with one attached hydrogen (secondary N) is 4. The molecule has 3 heterocycles. The minimum atomic E-state index is -3.78. The summed E-state index contributed by atoms with van der Waals surface area (Å²) in [5, 5.41) is 23.6. The van der Waals surface area contributed by atoms with Crippen molar-refractivity contribution in [3.63, 3.8) is 0 Å². The summed E-state index contributed by atoms with van der Waals surface area (Å²) in [5.41, 5.74) is 4.11. The normalized spacial score (nSPS) is 14.5. The van der Waals surface area contributed by atoms with Crippen molar-refractivity contribution >= 4 is 50.4 Å². The lowest BCUT2D eigenvalue weighted by atomic mass is 10.1. The highest BCUT2D eigenvalue weighted by Gasteiger charge is 2.23. The van der Waals surface area contributed by atoms with Crippen molar-refractivity contribution in [3.05, 3.63) is 66.1 Å². The summed E-state index contributed by atoms with van der Waals surface area (Å²) in [5.74, 6) is 0.398. The van der Waals surface area contributed by atoms with Crippen molar-refractivity contribution in [1.82, 2.24) is 30.2 Å². The molecule has 0 bridgehead atoms. The third kappa shape index (κ3) is 5.78. The van der Waals surface area contributed by atoms with Gasteiger partial charge in [-0.25, -0.2) is 23.1 Å². The predicted octanol–water partition coefficient (Wildman–Crippen LogP) is 1.95. The Labute approximate surface area is 214 Å². The second-order valence-corrected chi connectivity index (χ2v) is 10.3. The van der Waals surface area contributed by atoms with Gasteiger partial charge in [0.05, 0.1) is 24.0 Å². The molecule has 0 atom stereocenters. The van der Waals surface area contributed by atoms with Gasteiger partial charge >= 0.3 is 0 Å². The number of aliphatic hydroxyl groups excluding tert-OH is 1. The number of benzene rings is 2. The molecule has 0 aliphatic carbocycles. The Morgan fingerprint density at radius 1 is 1.05 bits per heavy atom. The molecule has 12 heteroatoms. The van der Waals surface area contributed by atoms with Gasteiger partial charge in [0.2, 0.25) is 16.0 Å². The maximum Gasteiger partial charge on any atom is 0.242 e. The largest absolute Gasteiger partial charge is 0.395 e. The van der Waals surface area contributed by atoms with Crippen LogP contribution in [0.25, 0.3) is 23.1 Å². The molecule has 2 aromatic carbocycles. The van der Waals surface area contributed by atoms with Gasteiger partial charge in [0.1, 0.15) is 4.90 Å². The van der Waals surface area contributed by atoms with E-state index in [1.54, 1.807) is 36.8 Å². The van der Waals surface area contributed by atoms with Crippen LogP contribution in [0.15, 0.2) is 59.9 Å².